The molecule has 3 heterocycles. The van der Waals surface area contributed by atoms with Gasteiger partial charge < -0.3 is 9.67 Å². The molecule has 5 aromatic rings. The fourth-order valence-electron chi connectivity index (χ4n) is 4.56. The number of halogens is 2. The van der Waals surface area contributed by atoms with Crippen LogP contribution in [-0.2, 0) is 13.0 Å². The fraction of sp³-hybridized carbons (Fsp3) is 0.185. The van der Waals surface area contributed by atoms with Crippen LogP contribution in [0.3, 0.4) is 0 Å². The summed E-state index contributed by atoms with van der Waals surface area (Å²) >= 11 is 12.1. The van der Waals surface area contributed by atoms with Gasteiger partial charge in [-0.05, 0) is 61.4 Å². The normalized spacial score (nSPS) is 11.5. The molecule has 3 aromatic heterocycles. The minimum atomic E-state index is -1.26. The number of hydrogen-bond acceptors (Lipinski definition) is 4. The molecule has 0 saturated carbocycles. The predicted molar refractivity (Wildman–Crippen MR) is 141 cm³/mol. The molecule has 0 aliphatic rings. The zero-order valence-electron chi connectivity index (χ0n) is 19.8. The summed E-state index contributed by atoms with van der Waals surface area (Å²) in [5.74, 6) is -0.799. The Kier molecular flexibility index (Phi) is 6.06. The van der Waals surface area contributed by atoms with E-state index in [0.29, 0.717) is 12.1 Å². The van der Waals surface area contributed by atoms with Crippen molar-refractivity contribution in [1.82, 2.24) is 19.1 Å². The maximum absolute atomic E-state index is 13.3. The summed E-state index contributed by atoms with van der Waals surface area (Å²) in [7, 11) is 0. The van der Waals surface area contributed by atoms with E-state index in [0.717, 1.165) is 45.6 Å². The predicted octanol–water partition coefficient (Wildman–Crippen LogP) is 6.31. The Morgan fingerprint density at radius 2 is 1.69 bits per heavy atom. The summed E-state index contributed by atoms with van der Waals surface area (Å²) in [6.45, 7) is 6.68. The highest BCUT2D eigenvalue weighted by Gasteiger charge is 2.22. The van der Waals surface area contributed by atoms with E-state index < -0.39 is 11.9 Å². The maximum atomic E-state index is 13.3. The SMILES string of the molecule is CCc1nc2c(C)cc(C)nc2n1Cc1ccc2c(ccn2C(=O)c2cc(Cl)c(Cl)cc2C(=O)O)c1. The highest BCUT2D eigenvalue weighted by molar-refractivity contribution is 6.42. The molecule has 7 nitrogen and oxygen atoms in total. The molecule has 0 spiro atoms. The van der Waals surface area contributed by atoms with Gasteiger partial charge in [0.2, 0.25) is 0 Å². The van der Waals surface area contributed by atoms with Crippen LogP contribution in [0.25, 0.3) is 22.1 Å². The summed E-state index contributed by atoms with van der Waals surface area (Å²) in [6.07, 6.45) is 2.40. The molecule has 0 aliphatic heterocycles. The van der Waals surface area contributed by atoms with E-state index in [2.05, 4.69) is 11.5 Å². The maximum Gasteiger partial charge on any atom is 0.336 e. The van der Waals surface area contributed by atoms with Crippen molar-refractivity contribution < 1.29 is 14.7 Å². The van der Waals surface area contributed by atoms with E-state index in [1.165, 1.54) is 16.7 Å². The van der Waals surface area contributed by atoms with Crippen LogP contribution in [0, 0.1) is 13.8 Å². The Hall–Kier alpha value is -3.68. The molecule has 0 saturated heterocycles. The quantitative estimate of drug-likeness (QED) is 0.293. The number of aromatic carboxylic acids is 1. The lowest BCUT2D eigenvalue weighted by molar-refractivity contribution is 0.0691. The number of carbonyl (C=O) groups excluding carboxylic acids is 1. The molecular weight excluding hydrogens is 499 g/mol. The zero-order chi connectivity index (χ0) is 25.7. The van der Waals surface area contributed by atoms with E-state index in [1.807, 2.05) is 44.2 Å². The van der Waals surface area contributed by atoms with Gasteiger partial charge in [-0.3, -0.25) is 9.36 Å². The van der Waals surface area contributed by atoms with Gasteiger partial charge in [0.25, 0.3) is 5.91 Å². The van der Waals surface area contributed by atoms with Crippen LogP contribution in [0.4, 0.5) is 0 Å². The smallest absolute Gasteiger partial charge is 0.336 e. The van der Waals surface area contributed by atoms with Crippen molar-refractivity contribution in [2.24, 2.45) is 0 Å². The molecule has 36 heavy (non-hydrogen) atoms. The Morgan fingerprint density at radius 1 is 0.972 bits per heavy atom. The Morgan fingerprint density at radius 3 is 2.39 bits per heavy atom. The standard InChI is InChI=1S/C27H22Cl2N4O3/c1-4-23-31-24-14(2)9-15(3)30-25(24)33(23)13-16-5-6-22-17(10-16)7-8-32(22)26(34)18-11-20(28)21(29)12-19(18)27(35)36/h5-12H,4,13H2,1-3H3,(H,35,36). The number of carboxylic acids is 1. The molecule has 0 atom stereocenters. The number of rotatable bonds is 5. The van der Waals surface area contributed by atoms with Crippen LogP contribution in [0.15, 0.2) is 48.7 Å². The molecule has 1 N–H and O–H groups in total. The number of pyridine rings is 1. The van der Waals surface area contributed by atoms with E-state index in [4.69, 9.17) is 33.2 Å². The van der Waals surface area contributed by atoms with Gasteiger partial charge in [-0.15, -0.1) is 0 Å². The second-order valence-corrected chi connectivity index (χ2v) is 9.54. The molecule has 0 fully saturated rings. The number of nitrogens with zero attached hydrogens (tertiary/aromatic N) is 4. The number of carboxylic acid groups (broad SMARTS) is 1. The number of benzene rings is 2. The molecule has 0 radical (unpaired) electrons. The average molecular weight is 521 g/mol. The van der Waals surface area contributed by atoms with Crippen LogP contribution in [0.1, 0.15) is 50.3 Å². The highest BCUT2D eigenvalue weighted by Crippen LogP contribution is 2.28. The third-order valence-electron chi connectivity index (χ3n) is 6.25. The van der Waals surface area contributed by atoms with Crippen molar-refractivity contribution >= 4 is 57.1 Å². The van der Waals surface area contributed by atoms with Crippen LogP contribution in [0.5, 0.6) is 0 Å². The first kappa shape index (κ1) is 24.0. The number of hydrogen-bond donors (Lipinski definition) is 1. The summed E-state index contributed by atoms with van der Waals surface area (Å²) < 4.78 is 3.55. The minimum Gasteiger partial charge on any atom is -0.478 e. The lowest BCUT2D eigenvalue weighted by atomic mass is 10.1. The van der Waals surface area contributed by atoms with Gasteiger partial charge in [0.15, 0.2) is 5.65 Å². The molecule has 9 heteroatoms. The van der Waals surface area contributed by atoms with E-state index in [1.54, 1.807) is 6.20 Å². The van der Waals surface area contributed by atoms with Crippen molar-refractivity contribution in [2.75, 3.05) is 0 Å². The molecule has 182 valence electrons. The summed E-state index contributed by atoms with van der Waals surface area (Å²) in [4.78, 5) is 34.6. The first-order chi connectivity index (χ1) is 17.2. The molecule has 2 aromatic carbocycles. The van der Waals surface area contributed by atoms with Gasteiger partial charge in [0.05, 0.1) is 33.2 Å². The number of fused-ring (bicyclic) bond motifs is 2. The molecule has 0 bridgehead atoms. The van der Waals surface area contributed by atoms with E-state index in [9.17, 15) is 14.7 Å². The number of imidazole rings is 1. The third-order valence-corrected chi connectivity index (χ3v) is 6.97. The fourth-order valence-corrected chi connectivity index (χ4v) is 4.89. The van der Waals surface area contributed by atoms with Gasteiger partial charge >= 0.3 is 5.97 Å². The molecule has 0 unspecified atom stereocenters. The number of aryl methyl sites for hydroxylation is 3. The van der Waals surface area contributed by atoms with Crippen molar-refractivity contribution in [1.29, 1.82) is 0 Å². The lowest BCUT2D eigenvalue weighted by Crippen LogP contribution is -2.15. The van der Waals surface area contributed by atoms with Gasteiger partial charge in [0.1, 0.15) is 11.3 Å². The Labute approximate surface area is 216 Å². The Bertz CT molecular complexity index is 1700. The zero-order valence-corrected chi connectivity index (χ0v) is 21.4. The van der Waals surface area contributed by atoms with Crippen LogP contribution in [-0.4, -0.2) is 36.1 Å². The molecule has 0 aliphatic carbocycles. The molecule has 0 amide bonds. The first-order valence-corrected chi connectivity index (χ1v) is 12.1. The van der Waals surface area contributed by atoms with Crippen molar-refractivity contribution in [3.8, 4) is 0 Å². The van der Waals surface area contributed by atoms with Gasteiger partial charge in [-0.25, -0.2) is 14.8 Å². The topological polar surface area (TPSA) is 90.0 Å². The van der Waals surface area contributed by atoms with Crippen molar-refractivity contribution in [3.05, 3.63) is 92.5 Å². The van der Waals surface area contributed by atoms with Gasteiger partial charge in [0, 0.05) is 23.7 Å². The van der Waals surface area contributed by atoms with Gasteiger partial charge in [-0.2, -0.15) is 0 Å². The van der Waals surface area contributed by atoms with Gasteiger partial charge in [-0.1, -0.05) is 36.2 Å². The van der Waals surface area contributed by atoms with Crippen LogP contribution >= 0.6 is 23.2 Å². The second kappa shape index (κ2) is 9.08. The summed E-state index contributed by atoms with van der Waals surface area (Å²) in [5, 5.41) is 10.6. The van der Waals surface area contributed by atoms with Crippen LogP contribution in [0.2, 0.25) is 10.0 Å². The van der Waals surface area contributed by atoms with Crippen molar-refractivity contribution in [2.45, 2.75) is 33.7 Å². The minimum absolute atomic E-state index is 0.0345. The highest BCUT2D eigenvalue weighted by atomic mass is 35.5. The number of carbonyl (C=O) groups is 2. The van der Waals surface area contributed by atoms with Crippen molar-refractivity contribution in [3.63, 3.8) is 0 Å². The van der Waals surface area contributed by atoms with E-state index >= 15 is 0 Å². The average Bonchev–Trinajstić information content (AvgIpc) is 3.41. The van der Waals surface area contributed by atoms with E-state index in [-0.39, 0.29) is 21.2 Å². The van der Waals surface area contributed by atoms with Crippen LogP contribution < -0.4 is 0 Å². The molecule has 5 rings (SSSR count). The first-order valence-electron chi connectivity index (χ1n) is 11.4. The lowest BCUT2D eigenvalue weighted by Gasteiger charge is -2.11. The summed E-state index contributed by atoms with van der Waals surface area (Å²) in [6, 6.07) is 12.2. The summed E-state index contributed by atoms with van der Waals surface area (Å²) in [5.41, 5.74) is 5.26. The largest absolute Gasteiger partial charge is 0.478 e. The molecular formula is C27H22Cl2N4O3. The monoisotopic (exact) mass is 520 g/mol. The second-order valence-electron chi connectivity index (χ2n) is 8.72. The Balaban J connectivity index is 1.54. The number of aromatic nitrogens is 4. The third kappa shape index (κ3) is 4.04.